The Morgan fingerprint density at radius 3 is 2.52 bits per heavy atom. The monoisotopic (exact) mass is 315 g/mol. The molecule has 2 atom stereocenters. The zero-order chi connectivity index (χ0) is 16.4. The van der Waals surface area contributed by atoms with Gasteiger partial charge in [-0.1, -0.05) is 17.7 Å². The van der Waals surface area contributed by atoms with Crippen molar-refractivity contribution in [1.82, 2.24) is 15.1 Å². The first-order chi connectivity index (χ1) is 11.1. The summed E-state index contributed by atoms with van der Waals surface area (Å²) in [5, 5.41) is 2.68. The highest BCUT2D eigenvalue weighted by Gasteiger charge is 2.39. The van der Waals surface area contributed by atoms with Crippen molar-refractivity contribution in [2.24, 2.45) is 11.8 Å². The second-order valence-corrected chi connectivity index (χ2v) is 6.79. The van der Waals surface area contributed by atoms with Gasteiger partial charge in [0.15, 0.2) is 0 Å². The number of hydrogen-bond donors (Lipinski definition) is 1. The van der Waals surface area contributed by atoms with Gasteiger partial charge in [0, 0.05) is 32.2 Å². The van der Waals surface area contributed by atoms with Crippen LogP contribution in [0.25, 0.3) is 0 Å². The van der Waals surface area contributed by atoms with E-state index in [4.69, 9.17) is 0 Å². The largest absolute Gasteiger partial charge is 0.358 e. The SMILES string of the molecule is CNC(=O)CN1CC[C@@H]2CN(C(=O)c3ccc(C)cc3)C[C@@H]2C1. The lowest BCUT2D eigenvalue weighted by atomic mass is 9.89. The first-order valence-corrected chi connectivity index (χ1v) is 8.35. The molecule has 1 aromatic carbocycles. The summed E-state index contributed by atoms with van der Waals surface area (Å²) in [6.07, 6.45) is 1.07. The zero-order valence-corrected chi connectivity index (χ0v) is 13.9. The summed E-state index contributed by atoms with van der Waals surface area (Å²) >= 11 is 0. The van der Waals surface area contributed by atoms with Gasteiger partial charge >= 0.3 is 0 Å². The van der Waals surface area contributed by atoms with E-state index in [0.717, 1.165) is 38.2 Å². The maximum absolute atomic E-state index is 12.7. The summed E-state index contributed by atoms with van der Waals surface area (Å²) in [6, 6.07) is 7.80. The van der Waals surface area contributed by atoms with Gasteiger partial charge in [0.1, 0.15) is 0 Å². The number of likely N-dealkylation sites (N-methyl/N-ethyl adjacent to an activating group) is 1. The van der Waals surface area contributed by atoms with Crippen LogP contribution in [0.3, 0.4) is 0 Å². The molecule has 0 aliphatic carbocycles. The topological polar surface area (TPSA) is 52.7 Å². The maximum atomic E-state index is 12.7. The number of carbonyl (C=O) groups is 2. The molecular weight excluding hydrogens is 290 g/mol. The third-order valence-corrected chi connectivity index (χ3v) is 5.12. The lowest BCUT2D eigenvalue weighted by Gasteiger charge is -2.33. The minimum atomic E-state index is 0.0639. The van der Waals surface area contributed by atoms with Crippen LogP contribution in [0.1, 0.15) is 22.3 Å². The Hall–Kier alpha value is -1.88. The quantitative estimate of drug-likeness (QED) is 0.910. The molecule has 124 valence electrons. The molecule has 2 fully saturated rings. The van der Waals surface area contributed by atoms with Crippen LogP contribution in [0.2, 0.25) is 0 Å². The third-order valence-electron chi connectivity index (χ3n) is 5.12. The first-order valence-electron chi connectivity index (χ1n) is 8.35. The van der Waals surface area contributed by atoms with E-state index < -0.39 is 0 Å². The molecule has 0 saturated carbocycles. The van der Waals surface area contributed by atoms with Gasteiger partial charge < -0.3 is 10.2 Å². The highest BCUT2D eigenvalue weighted by atomic mass is 16.2. The van der Waals surface area contributed by atoms with Crippen molar-refractivity contribution in [3.05, 3.63) is 35.4 Å². The molecule has 0 bridgehead atoms. The van der Waals surface area contributed by atoms with Crippen molar-refractivity contribution in [1.29, 1.82) is 0 Å². The Balaban J connectivity index is 1.60. The Bertz CT molecular complexity index is 584. The summed E-state index contributed by atoms with van der Waals surface area (Å²) in [5.74, 6) is 1.26. The normalized spacial score (nSPS) is 24.3. The van der Waals surface area contributed by atoms with Gasteiger partial charge in [-0.15, -0.1) is 0 Å². The molecular formula is C18H25N3O2. The van der Waals surface area contributed by atoms with Crippen LogP contribution in [0, 0.1) is 18.8 Å². The van der Waals surface area contributed by atoms with Crippen LogP contribution < -0.4 is 5.32 Å². The number of nitrogens with zero attached hydrogens (tertiary/aromatic N) is 2. The van der Waals surface area contributed by atoms with Gasteiger partial charge in [-0.05, 0) is 43.9 Å². The minimum absolute atomic E-state index is 0.0639. The van der Waals surface area contributed by atoms with Crippen molar-refractivity contribution in [3.8, 4) is 0 Å². The number of amides is 2. The van der Waals surface area contributed by atoms with Crippen LogP contribution in [0.4, 0.5) is 0 Å². The molecule has 0 aromatic heterocycles. The van der Waals surface area contributed by atoms with Gasteiger partial charge in [0.05, 0.1) is 6.54 Å². The van der Waals surface area contributed by atoms with Gasteiger partial charge in [-0.3, -0.25) is 14.5 Å². The molecule has 1 aromatic rings. The third kappa shape index (κ3) is 3.55. The summed E-state index contributed by atoms with van der Waals surface area (Å²) in [5.41, 5.74) is 1.94. The molecule has 2 amide bonds. The van der Waals surface area contributed by atoms with Crippen molar-refractivity contribution in [3.63, 3.8) is 0 Å². The Morgan fingerprint density at radius 1 is 1.13 bits per heavy atom. The molecule has 2 aliphatic rings. The molecule has 1 N–H and O–H groups in total. The number of aryl methyl sites for hydroxylation is 1. The van der Waals surface area contributed by atoms with E-state index in [1.807, 2.05) is 36.1 Å². The van der Waals surface area contributed by atoms with Crippen molar-refractivity contribution >= 4 is 11.8 Å². The van der Waals surface area contributed by atoms with Gasteiger partial charge in [0.2, 0.25) is 5.91 Å². The fourth-order valence-corrected chi connectivity index (χ4v) is 3.71. The molecule has 3 rings (SSSR count). The zero-order valence-electron chi connectivity index (χ0n) is 13.9. The van der Waals surface area contributed by atoms with E-state index in [1.165, 1.54) is 5.56 Å². The molecule has 2 aliphatic heterocycles. The fraction of sp³-hybridized carbons (Fsp3) is 0.556. The second kappa shape index (κ2) is 6.71. The molecule has 0 radical (unpaired) electrons. The molecule has 5 nitrogen and oxygen atoms in total. The van der Waals surface area contributed by atoms with Crippen molar-refractivity contribution in [2.45, 2.75) is 13.3 Å². The van der Waals surface area contributed by atoms with E-state index in [2.05, 4.69) is 10.2 Å². The van der Waals surface area contributed by atoms with E-state index in [1.54, 1.807) is 7.05 Å². The van der Waals surface area contributed by atoms with Crippen molar-refractivity contribution in [2.75, 3.05) is 39.8 Å². The number of nitrogens with one attached hydrogen (secondary N) is 1. The lowest BCUT2D eigenvalue weighted by molar-refractivity contribution is -0.122. The van der Waals surface area contributed by atoms with Crippen LogP contribution in [0.5, 0.6) is 0 Å². The first kappa shape index (κ1) is 16.0. The number of piperidine rings is 1. The van der Waals surface area contributed by atoms with Crippen LogP contribution in [-0.2, 0) is 4.79 Å². The maximum Gasteiger partial charge on any atom is 0.253 e. The Morgan fingerprint density at radius 2 is 1.83 bits per heavy atom. The Kier molecular flexibility index (Phi) is 4.66. The number of rotatable bonds is 3. The predicted molar refractivity (Wildman–Crippen MR) is 89.2 cm³/mol. The van der Waals surface area contributed by atoms with Gasteiger partial charge in [-0.25, -0.2) is 0 Å². The molecule has 5 heteroatoms. The Labute approximate surface area is 137 Å². The highest BCUT2D eigenvalue weighted by Crippen LogP contribution is 2.31. The van der Waals surface area contributed by atoms with Gasteiger partial charge in [0.25, 0.3) is 5.91 Å². The number of benzene rings is 1. The summed E-state index contributed by atoms with van der Waals surface area (Å²) in [7, 11) is 1.67. The molecule has 2 heterocycles. The molecule has 0 unspecified atom stereocenters. The van der Waals surface area contributed by atoms with E-state index in [-0.39, 0.29) is 11.8 Å². The number of carbonyl (C=O) groups excluding carboxylic acids is 2. The summed E-state index contributed by atoms with van der Waals surface area (Å²) in [6.45, 7) is 6.01. The molecule has 0 spiro atoms. The predicted octanol–water partition coefficient (Wildman–Crippen LogP) is 1.13. The van der Waals surface area contributed by atoms with Gasteiger partial charge in [-0.2, -0.15) is 0 Å². The van der Waals surface area contributed by atoms with E-state index in [9.17, 15) is 9.59 Å². The average Bonchev–Trinajstić information content (AvgIpc) is 2.98. The van der Waals surface area contributed by atoms with Crippen LogP contribution >= 0.6 is 0 Å². The minimum Gasteiger partial charge on any atom is -0.358 e. The smallest absolute Gasteiger partial charge is 0.253 e. The fourth-order valence-electron chi connectivity index (χ4n) is 3.71. The number of fused-ring (bicyclic) bond motifs is 1. The second-order valence-electron chi connectivity index (χ2n) is 6.79. The van der Waals surface area contributed by atoms with Crippen LogP contribution in [0.15, 0.2) is 24.3 Å². The van der Waals surface area contributed by atoms with E-state index >= 15 is 0 Å². The standard InChI is InChI=1S/C18H25N3O2/c1-13-3-5-14(6-4-13)18(23)21-10-15-7-8-20(9-16(15)11-21)12-17(22)19-2/h3-6,15-16H,7-12H2,1-2H3,(H,19,22)/t15-,16+/m1/s1. The molecule has 23 heavy (non-hydrogen) atoms. The summed E-state index contributed by atoms with van der Waals surface area (Å²) in [4.78, 5) is 28.4. The number of likely N-dealkylation sites (tertiary alicyclic amines) is 2. The van der Waals surface area contributed by atoms with E-state index in [0.29, 0.717) is 18.4 Å². The molecule has 2 saturated heterocycles. The number of hydrogen-bond acceptors (Lipinski definition) is 3. The summed E-state index contributed by atoms with van der Waals surface area (Å²) < 4.78 is 0. The highest BCUT2D eigenvalue weighted by molar-refractivity contribution is 5.94. The average molecular weight is 315 g/mol. The van der Waals surface area contributed by atoms with Crippen molar-refractivity contribution < 1.29 is 9.59 Å². The lowest BCUT2D eigenvalue weighted by Crippen LogP contribution is -2.44. The van der Waals surface area contributed by atoms with Crippen LogP contribution in [-0.4, -0.2) is 61.4 Å².